The molecule has 0 aromatic heterocycles. The Labute approximate surface area is 181 Å². The first-order valence-corrected chi connectivity index (χ1v) is 15.1. The molecular formula is C20H20F6O2Se2. The molecule has 166 valence electrons. The van der Waals surface area contributed by atoms with Crippen LogP contribution in [-0.2, 0) is 12.4 Å². The molecule has 2 aromatic rings. The Kier molecular flexibility index (Phi) is 8.47. The zero-order chi connectivity index (χ0) is 22.7. The van der Waals surface area contributed by atoms with E-state index in [4.69, 9.17) is 0 Å². The van der Waals surface area contributed by atoms with E-state index in [9.17, 15) is 36.6 Å². The van der Waals surface area contributed by atoms with E-state index in [-0.39, 0.29) is 32.9 Å². The van der Waals surface area contributed by atoms with Gasteiger partial charge in [-0.05, 0) is 0 Å². The van der Waals surface area contributed by atoms with Crippen molar-refractivity contribution >= 4 is 35.2 Å². The molecule has 0 bridgehead atoms. The van der Waals surface area contributed by atoms with E-state index in [2.05, 4.69) is 0 Å². The van der Waals surface area contributed by atoms with Crippen LogP contribution < -0.4 is 8.92 Å². The van der Waals surface area contributed by atoms with Crippen molar-refractivity contribution in [3.63, 3.8) is 0 Å². The fourth-order valence-electron chi connectivity index (χ4n) is 2.79. The monoisotopic (exact) mass is 566 g/mol. The van der Waals surface area contributed by atoms with Crippen LogP contribution in [0.25, 0.3) is 0 Å². The Morgan fingerprint density at radius 1 is 0.700 bits per heavy atom. The normalized spacial score (nSPS) is 14.6. The SMILES string of the molecule is CCC(O)c1cccc(C(F)(F)F)c1[Se][Se]c1c(C(O)CC)cccc1C(F)(F)F. The molecule has 0 fully saturated rings. The third-order valence-electron chi connectivity index (χ3n) is 4.40. The molecule has 30 heavy (non-hydrogen) atoms. The van der Waals surface area contributed by atoms with Gasteiger partial charge in [0.15, 0.2) is 0 Å². The molecule has 0 aliphatic heterocycles. The summed E-state index contributed by atoms with van der Waals surface area (Å²) < 4.78 is 81.1. The van der Waals surface area contributed by atoms with Crippen molar-refractivity contribution in [2.75, 3.05) is 0 Å². The van der Waals surface area contributed by atoms with Crippen molar-refractivity contribution in [3.05, 3.63) is 58.7 Å². The molecule has 0 aliphatic carbocycles. The van der Waals surface area contributed by atoms with Crippen molar-refractivity contribution < 1.29 is 36.6 Å². The zero-order valence-electron chi connectivity index (χ0n) is 16.0. The average Bonchev–Trinajstić information content (AvgIpc) is 2.69. The maximum absolute atomic E-state index is 13.6. The van der Waals surface area contributed by atoms with Crippen molar-refractivity contribution in [2.24, 2.45) is 0 Å². The molecule has 2 unspecified atom stereocenters. The van der Waals surface area contributed by atoms with Crippen molar-refractivity contribution in [3.8, 4) is 0 Å². The molecule has 0 aliphatic rings. The summed E-state index contributed by atoms with van der Waals surface area (Å²) in [6, 6.07) is 6.92. The molecule has 0 spiro atoms. The van der Waals surface area contributed by atoms with Crippen molar-refractivity contribution in [1.82, 2.24) is 0 Å². The van der Waals surface area contributed by atoms with Crippen molar-refractivity contribution in [2.45, 2.75) is 51.2 Å². The molecule has 0 saturated heterocycles. The van der Waals surface area contributed by atoms with Crippen molar-refractivity contribution in [1.29, 1.82) is 0 Å². The minimum absolute atomic E-state index is 0.0938. The Bertz CT molecular complexity index is 796. The van der Waals surface area contributed by atoms with Crippen LogP contribution in [0, 0.1) is 0 Å². The van der Waals surface area contributed by atoms with E-state index in [1.807, 2.05) is 0 Å². The Hall–Kier alpha value is -1.02. The average molecular weight is 564 g/mol. The first kappa shape index (κ1) is 25.2. The number of hydrogen-bond acceptors (Lipinski definition) is 2. The third-order valence-corrected chi connectivity index (χ3v) is 11.7. The van der Waals surface area contributed by atoms with Crippen LogP contribution in [0.4, 0.5) is 26.3 Å². The predicted molar refractivity (Wildman–Crippen MR) is 104 cm³/mol. The summed E-state index contributed by atoms with van der Waals surface area (Å²) in [5.74, 6) is 0. The summed E-state index contributed by atoms with van der Waals surface area (Å²) in [6.45, 7) is 3.23. The fourth-order valence-corrected chi connectivity index (χ4v) is 11.4. The van der Waals surface area contributed by atoms with E-state index < -0.39 is 62.0 Å². The van der Waals surface area contributed by atoms with Gasteiger partial charge in [-0.15, -0.1) is 0 Å². The van der Waals surface area contributed by atoms with Crippen LogP contribution in [0.5, 0.6) is 0 Å². The first-order valence-electron chi connectivity index (χ1n) is 9.02. The number of hydrogen-bond donors (Lipinski definition) is 2. The molecule has 2 atom stereocenters. The van der Waals surface area contributed by atoms with E-state index in [1.54, 1.807) is 13.8 Å². The minimum atomic E-state index is -4.69. The first-order chi connectivity index (χ1) is 13.9. The molecule has 10 heteroatoms. The van der Waals surface area contributed by atoms with Gasteiger partial charge >= 0.3 is 182 Å². The number of rotatable bonds is 7. The second-order valence-corrected chi connectivity index (χ2v) is 12.5. The summed E-state index contributed by atoms with van der Waals surface area (Å²) in [6.07, 6.45) is -11.3. The van der Waals surface area contributed by atoms with Gasteiger partial charge in [-0.1, -0.05) is 0 Å². The van der Waals surface area contributed by atoms with Gasteiger partial charge < -0.3 is 0 Å². The summed E-state index contributed by atoms with van der Waals surface area (Å²) in [4.78, 5) is 0. The van der Waals surface area contributed by atoms with Crippen LogP contribution in [-0.4, -0.2) is 36.5 Å². The number of halogens is 6. The quantitative estimate of drug-likeness (QED) is 0.396. The van der Waals surface area contributed by atoms with E-state index in [0.29, 0.717) is 0 Å². The number of aliphatic hydroxyl groups is 2. The molecule has 2 rings (SSSR count). The summed E-state index contributed by atoms with van der Waals surface area (Å²) in [7, 11) is 0. The number of benzene rings is 2. The van der Waals surface area contributed by atoms with Gasteiger partial charge in [0.2, 0.25) is 0 Å². The van der Waals surface area contributed by atoms with Crippen LogP contribution in [0.15, 0.2) is 36.4 Å². The molecule has 0 radical (unpaired) electrons. The summed E-state index contributed by atoms with van der Waals surface area (Å²) in [5.41, 5.74) is -1.68. The Morgan fingerprint density at radius 2 is 1.03 bits per heavy atom. The van der Waals surface area contributed by atoms with Crippen LogP contribution in [0.1, 0.15) is 61.2 Å². The topological polar surface area (TPSA) is 40.5 Å². The fraction of sp³-hybridized carbons (Fsp3) is 0.400. The molecule has 0 amide bonds. The van der Waals surface area contributed by atoms with Crippen LogP contribution in [0.3, 0.4) is 0 Å². The summed E-state index contributed by atoms with van der Waals surface area (Å²) in [5, 5.41) is 20.4. The van der Waals surface area contributed by atoms with Gasteiger partial charge in [0, 0.05) is 0 Å². The Balaban J connectivity index is 2.59. The molecular weight excluding hydrogens is 544 g/mol. The molecule has 0 heterocycles. The molecule has 2 N–H and O–H groups in total. The predicted octanol–water partition coefficient (Wildman–Crippen LogP) is 3.89. The Morgan fingerprint density at radius 3 is 1.30 bits per heavy atom. The number of aliphatic hydroxyl groups excluding tert-OH is 2. The van der Waals surface area contributed by atoms with E-state index in [0.717, 1.165) is 12.1 Å². The second-order valence-electron chi connectivity index (χ2n) is 6.46. The van der Waals surface area contributed by atoms with Gasteiger partial charge in [0.05, 0.1) is 0 Å². The number of alkyl halides is 6. The summed E-state index contributed by atoms with van der Waals surface area (Å²) >= 11 is -2.01. The standard InChI is InChI=1S/C20H20F6O2Se2/c1-3-15(27)11-7-5-9-13(19(21,22)23)17(11)29-30-18-12(16(28)4-2)8-6-10-14(18)20(24,25)26/h5-10,15-16,27-28H,3-4H2,1-2H3. The van der Waals surface area contributed by atoms with Gasteiger partial charge in [-0.2, -0.15) is 0 Å². The zero-order valence-corrected chi connectivity index (χ0v) is 19.4. The van der Waals surface area contributed by atoms with Crippen LogP contribution in [0.2, 0.25) is 0 Å². The van der Waals surface area contributed by atoms with Gasteiger partial charge in [0.25, 0.3) is 0 Å². The maximum atomic E-state index is 13.6. The van der Waals surface area contributed by atoms with Gasteiger partial charge in [-0.25, -0.2) is 0 Å². The molecule has 2 nitrogen and oxygen atoms in total. The van der Waals surface area contributed by atoms with Crippen LogP contribution >= 0.6 is 0 Å². The molecule has 2 aromatic carbocycles. The van der Waals surface area contributed by atoms with Gasteiger partial charge in [0.1, 0.15) is 0 Å². The third kappa shape index (κ3) is 5.81. The van der Waals surface area contributed by atoms with Gasteiger partial charge in [-0.3, -0.25) is 0 Å². The van der Waals surface area contributed by atoms with E-state index in [1.165, 1.54) is 24.3 Å². The second kappa shape index (κ2) is 10.1. The van der Waals surface area contributed by atoms with E-state index >= 15 is 0 Å². The molecule has 0 saturated carbocycles.